The van der Waals surface area contributed by atoms with Gasteiger partial charge < -0.3 is 14.5 Å². The number of H-pyrrole nitrogens is 1. The molecule has 0 spiro atoms. The minimum atomic E-state index is -0.281. The van der Waals surface area contributed by atoms with E-state index in [0.717, 1.165) is 31.5 Å². The van der Waals surface area contributed by atoms with Crippen molar-refractivity contribution >= 4 is 23.6 Å². The molecule has 8 nitrogen and oxygen atoms in total. The van der Waals surface area contributed by atoms with Crippen molar-refractivity contribution in [3.63, 3.8) is 0 Å². The highest BCUT2D eigenvalue weighted by Gasteiger charge is 2.30. The third-order valence-corrected chi connectivity index (χ3v) is 5.37. The van der Waals surface area contributed by atoms with Crippen LogP contribution in [0.1, 0.15) is 32.0 Å². The second-order valence-corrected chi connectivity index (χ2v) is 7.21. The number of amides is 2. The summed E-state index contributed by atoms with van der Waals surface area (Å²) in [7, 11) is 0. The lowest BCUT2D eigenvalue weighted by Crippen LogP contribution is -2.42. The van der Waals surface area contributed by atoms with Crippen LogP contribution in [0, 0.1) is 0 Å². The average molecular weight is 367 g/mol. The van der Waals surface area contributed by atoms with E-state index in [4.69, 9.17) is 4.74 Å². The Balaban J connectivity index is 1.46. The van der Waals surface area contributed by atoms with Crippen molar-refractivity contribution in [2.75, 3.05) is 38.5 Å². The molecule has 0 unspecified atom stereocenters. The number of hydrogen-bond acceptors (Lipinski definition) is 6. The number of thioether (sulfide) groups is 1. The quantitative estimate of drug-likeness (QED) is 0.771. The molecule has 1 aromatic rings. The van der Waals surface area contributed by atoms with Crippen molar-refractivity contribution in [1.82, 2.24) is 25.0 Å². The van der Waals surface area contributed by atoms with E-state index in [-0.39, 0.29) is 17.9 Å². The summed E-state index contributed by atoms with van der Waals surface area (Å²) >= 11 is 1.35. The van der Waals surface area contributed by atoms with E-state index in [0.29, 0.717) is 43.7 Å². The summed E-state index contributed by atoms with van der Waals surface area (Å²) in [6.07, 6.45) is 3.08. The van der Waals surface area contributed by atoms with Crippen molar-refractivity contribution in [3.05, 3.63) is 5.82 Å². The van der Waals surface area contributed by atoms with Crippen molar-refractivity contribution in [1.29, 1.82) is 0 Å². The van der Waals surface area contributed by atoms with Crippen LogP contribution in [-0.2, 0) is 20.7 Å². The SMILES string of the molecule is CCc1nc(SCC(=O)N2CCCN(C(=O)[C@@H]3CCCO3)CC2)n[nH]1. The number of aryl methyl sites for hydroxylation is 1. The first-order valence-corrected chi connectivity index (χ1v) is 9.88. The molecule has 2 saturated heterocycles. The highest BCUT2D eigenvalue weighted by Crippen LogP contribution is 2.17. The number of ether oxygens (including phenoxy) is 1. The van der Waals surface area contributed by atoms with Crippen LogP contribution in [0.3, 0.4) is 0 Å². The summed E-state index contributed by atoms with van der Waals surface area (Å²) in [5.74, 6) is 1.29. The predicted octanol–water partition coefficient (Wildman–Crippen LogP) is 0.699. The summed E-state index contributed by atoms with van der Waals surface area (Å²) < 4.78 is 5.49. The molecule has 0 aromatic carbocycles. The van der Waals surface area contributed by atoms with Crippen LogP contribution in [-0.4, -0.2) is 81.4 Å². The van der Waals surface area contributed by atoms with Gasteiger partial charge in [-0.3, -0.25) is 14.7 Å². The van der Waals surface area contributed by atoms with Gasteiger partial charge in [0, 0.05) is 39.2 Å². The standard InChI is InChI=1S/C16H25N5O3S/c1-2-13-17-16(19-18-13)25-11-14(22)20-6-4-7-21(9-8-20)15(23)12-5-3-10-24-12/h12H,2-11H2,1H3,(H,17,18,19)/t12-/m0/s1. The molecule has 2 fully saturated rings. The van der Waals surface area contributed by atoms with Crippen molar-refractivity contribution in [2.24, 2.45) is 0 Å². The summed E-state index contributed by atoms with van der Waals surface area (Å²) in [5.41, 5.74) is 0. The molecule has 3 heterocycles. The van der Waals surface area contributed by atoms with Gasteiger partial charge in [0.1, 0.15) is 11.9 Å². The van der Waals surface area contributed by atoms with Gasteiger partial charge in [-0.15, -0.1) is 5.10 Å². The van der Waals surface area contributed by atoms with Crippen LogP contribution in [0.5, 0.6) is 0 Å². The summed E-state index contributed by atoms with van der Waals surface area (Å²) in [4.78, 5) is 32.9. The van der Waals surface area contributed by atoms with Gasteiger partial charge >= 0.3 is 0 Å². The van der Waals surface area contributed by atoms with E-state index in [1.165, 1.54) is 11.8 Å². The van der Waals surface area contributed by atoms with Crippen molar-refractivity contribution in [3.8, 4) is 0 Å². The molecule has 0 radical (unpaired) electrons. The topological polar surface area (TPSA) is 91.4 Å². The molecule has 25 heavy (non-hydrogen) atoms. The largest absolute Gasteiger partial charge is 0.368 e. The van der Waals surface area contributed by atoms with Gasteiger partial charge in [-0.25, -0.2) is 4.98 Å². The summed E-state index contributed by atoms with van der Waals surface area (Å²) in [6, 6.07) is 0. The molecule has 2 amide bonds. The fraction of sp³-hybridized carbons (Fsp3) is 0.750. The lowest BCUT2D eigenvalue weighted by Gasteiger charge is -2.24. The normalized spacial score (nSPS) is 21.4. The first-order valence-electron chi connectivity index (χ1n) is 8.89. The Kier molecular flexibility index (Phi) is 6.30. The highest BCUT2D eigenvalue weighted by molar-refractivity contribution is 7.99. The lowest BCUT2D eigenvalue weighted by molar-refractivity contribution is -0.141. The third kappa shape index (κ3) is 4.72. The number of hydrogen-bond donors (Lipinski definition) is 1. The van der Waals surface area contributed by atoms with Gasteiger partial charge in [-0.2, -0.15) is 0 Å². The zero-order valence-electron chi connectivity index (χ0n) is 14.6. The Morgan fingerprint density at radius 2 is 2.04 bits per heavy atom. The average Bonchev–Trinajstić information content (AvgIpc) is 3.26. The maximum absolute atomic E-state index is 12.4. The molecule has 2 aliphatic heterocycles. The number of carbonyl (C=O) groups excluding carboxylic acids is 2. The molecule has 9 heteroatoms. The van der Waals surface area contributed by atoms with Gasteiger partial charge in [-0.05, 0) is 19.3 Å². The monoisotopic (exact) mass is 367 g/mol. The zero-order valence-corrected chi connectivity index (χ0v) is 15.4. The smallest absolute Gasteiger partial charge is 0.251 e. The minimum Gasteiger partial charge on any atom is -0.368 e. The van der Waals surface area contributed by atoms with E-state index in [1.54, 1.807) is 0 Å². The number of nitrogens with zero attached hydrogens (tertiary/aromatic N) is 4. The molecule has 1 N–H and O–H groups in total. The highest BCUT2D eigenvalue weighted by atomic mass is 32.2. The molecule has 2 aliphatic rings. The van der Waals surface area contributed by atoms with E-state index in [9.17, 15) is 9.59 Å². The van der Waals surface area contributed by atoms with Crippen LogP contribution in [0.25, 0.3) is 0 Å². The molecule has 0 saturated carbocycles. The Morgan fingerprint density at radius 1 is 1.24 bits per heavy atom. The number of aromatic nitrogens is 3. The third-order valence-electron chi connectivity index (χ3n) is 4.54. The second-order valence-electron chi connectivity index (χ2n) is 6.27. The number of aromatic amines is 1. The zero-order chi connectivity index (χ0) is 17.6. The van der Waals surface area contributed by atoms with Gasteiger partial charge in [0.05, 0.1) is 5.75 Å². The molecular formula is C16H25N5O3S. The van der Waals surface area contributed by atoms with Crippen molar-refractivity contribution < 1.29 is 14.3 Å². The molecule has 0 aliphatic carbocycles. The maximum atomic E-state index is 12.4. The van der Waals surface area contributed by atoms with Crippen LogP contribution >= 0.6 is 11.8 Å². The van der Waals surface area contributed by atoms with Gasteiger partial charge in [0.15, 0.2) is 0 Å². The van der Waals surface area contributed by atoms with Crippen LogP contribution in [0.4, 0.5) is 0 Å². The van der Waals surface area contributed by atoms with Crippen molar-refractivity contribution in [2.45, 2.75) is 43.9 Å². The molecule has 1 aromatic heterocycles. The Hall–Kier alpha value is -1.61. The minimum absolute atomic E-state index is 0.0688. The predicted molar refractivity (Wildman–Crippen MR) is 93.2 cm³/mol. The lowest BCUT2D eigenvalue weighted by atomic mass is 10.2. The van der Waals surface area contributed by atoms with E-state index in [1.807, 2.05) is 16.7 Å². The van der Waals surface area contributed by atoms with Gasteiger partial charge in [-0.1, -0.05) is 18.7 Å². The summed E-state index contributed by atoms with van der Waals surface area (Å²) in [6.45, 7) is 5.20. The van der Waals surface area contributed by atoms with Gasteiger partial charge in [0.25, 0.3) is 5.91 Å². The second kappa shape index (κ2) is 8.66. The molecule has 0 bridgehead atoms. The van der Waals surface area contributed by atoms with E-state index < -0.39 is 0 Å². The first-order chi connectivity index (χ1) is 12.2. The fourth-order valence-corrected chi connectivity index (χ4v) is 3.80. The number of rotatable bonds is 5. The fourth-order valence-electron chi connectivity index (χ4n) is 3.08. The summed E-state index contributed by atoms with van der Waals surface area (Å²) in [5, 5.41) is 7.55. The van der Waals surface area contributed by atoms with Crippen LogP contribution in [0.15, 0.2) is 5.16 Å². The molecule has 3 rings (SSSR count). The van der Waals surface area contributed by atoms with Crippen LogP contribution < -0.4 is 0 Å². The molecular weight excluding hydrogens is 342 g/mol. The maximum Gasteiger partial charge on any atom is 0.251 e. The first kappa shape index (κ1) is 18.2. The Bertz CT molecular complexity index is 602. The number of nitrogens with one attached hydrogen (secondary N) is 1. The Morgan fingerprint density at radius 3 is 2.76 bits per heavy atom. The number of carbonyl (C=O) groups is 2. The van der Waals surface area contributed by atoms with Crippen LogP contribution in [0.2, 0.25) is 0 Å². The van der Waals surface area contributed by atoms with Gasteiger partial charge in [0.2, 0.25) is 11.1 Å². The molecule has 138 valence electrons. The Labute approximate surface area is 151 Å². The van der Waals surface area contributed by atoms with E-state index >= 15 is 0 Å². The van der Waals surface area contributed by atoms with E-state index in [2.05, 4.69) is 15.2 Å². The molecule has 1 atom stereocenters.